The molecule has 0 bridgehead atoms. The van der Waals surface area contributed by atoms with Gasteiger partial charge in [-0.1, -0.05) is 24.1 Å². The number of carbonyl (C=O) groups excluding carboxylic acids is 2. The summed E-state index contributed by atoms with van der Waals surface area (Å²) in [5.74, 6) is 0.657. The maximum atomic E-state index is 13.0. The fourth-order valence-electron chi connectivity index (χ4n) is 3.52. The minimum absolute atomic E-state index is 0.00972. The molecule has 1 amide bonds. The number of ketones is 1. The van der Waals surface area contributed by atoms with E-state index in [0.29, 0.717) is 11.4 Å². The predicted octanol–water partition coefficient (Wildman–Crippen LogP) is 1.32. The first kappa shape index (κ1) is 19.8. The molecule has 28 heavy (non-hydrogen) atoms. The average molecular weight is 399 g/mol. The maximum absolute atomic E-state index is 13.0. The Morgan fingerprint density at radius 1 is 1.29 bits per heavy atom. The topological polar surface area (TPSA) is 89.3 Å². The summed E-state index contributed by atoms with van der Waals surface area (Å²) in [7, 11) is -3.22. The van der Waals surface area contributed by atoms with Gasteiger partial charge >= 0.3 is 0 Å². The van der Waals surface area contributed by atoms with Crippen LogP contribution in [0.1, 0.15) is 28.2 Å². The van der Waals surface area contributed by atoms with Crippen molar-refractivity contribution in [2.45, 2.75) is 26.3 Å². The van der Waals surface area contributed by atoms with Crippen molar-refractivity contribution >= 4 is 21.5 Å². The largest absolute Gasteiger partial charge is 0.321 e. The molecule has 0 aliphatic carbocycles. The number of aromatic nitrogens is 2. The van der Waals surface area contributed by atoms with Crippen molar-refractivity contribution in [3.05, 3.63) is 47.3 Å². The highest BCUT2D eigenvalue weighted by Gasteiger charge is 2.37. The zero-order valence-corrected chi connectivity index (χ0v) is 16.6. The molecule has 8 heteroatoms. The number of Topliss-reactive ketones (excluding diaryl/α,β-unsaturated/α-hetero) is 1. The Labute approximate surface area is 164 Å². The van der Waals surface area contributed by atoms with E-state index in [1.165, 1.54) is 4.90 Å². The zero-order valence-electron chi connectivity index (χ0n) is 15.8. The van der Waals surface area contributed by atoms with E-state index < -0.39 is 27.6 Å². The highest BCUT2D eigenvalue weighted by Crippen LogP contribution is 2.22. The van der Waals surface area contributed by atoms with Gasteiger partial charge in [0, 0.05) is 6.04 Å². The second kappa shape index (κ2) is 7.60. The number of amides is 1. The van der Waals surface area contributed by atoms with E-state index in [0.717, 1.165) is 5.69 Å². The first-order valence-electron chi connectivity index (χ1n) is 8.86. The third-order valence-electron chi connectivity index (χ3n) is 4.89. The molecule has 1 aliphatic rings. The van der Waals surface area contributed by atoms with Crippen LogP contribution in [0.2, 0.25) is 0 Å². The van der Waals surface area contributed by atoms with Crippen molar-refractivity contribution in [3.63, 3.8) is 0 Å². The van der Waals surface area contributed by atoms with E-state index in [1.807, 2.05) is 30.3 Å². The molecular formula is C20H21N3O4S. The Morgan fingerprint density at radius 3 is 2.54 bits per heavy atom. The van der Waals surface area contributed by atoms with E-state index in [9.17, 15) is 18.0 Å². The third-order valence-corrected chi connectivity index (χ3v) is 6.64. The number of benzene rings is 1. The van der Waals surface area contributed by atoms with Crippen molar-refractivity contribution in [2.24, 2.45) is 0 Å². The number of carbonyl (C=O) groups is 2. The lowest BCUT2D eigenvalue weighted by atomic mass is 10.1. The molecule has 0 N–H and O–H groups in total. The van der Waals surface area contributed by atoms with Crippen molar-refractivity contribution in [3.8, 4) is 18.0 Å². The van der Waals surface area contributed by atoms with Crippen LogP contribution in [0.5, 0.6) is 0 Å². The minimum Gasteiger partial charge on any atom is -0.321 e. The van der Waals surface area contributed by atoms with Crippen molar-refractivity contribution < 1.29 is 18.0 Å². The number of hydrogen-bond donors (Lipinski definition) is 0. The van der Waals surface area contributed by atoms with Gasteiger partial charge in [0.1, 0.15) is 0 Å². The molecule has 3 rings (SSSR count). The molecule has 1 aromatic heterocycles. The SMILES string of the molecule is C#CCN(C(=O)C(=O)c1c(C)nn(-c2ccccc2)c1C)[C@H]1CCS(=O)(=O)C1. The molecule has 2 aromatic rings. The molecule has 1 aromatic carbocycles. The summed E-state index contributed by atoms with van der Waals surface area (Å²) in [6.07, 6.45) is 5.64. The Balaban J connectivity index is 1.93. The number of aryl methyl sites for hydroxylation is 1. The summed E-state index contributed by atoms with van der Waals surface area (Å²) in [5.41, 5.74) is 1.97. The number of sulfone groups is 1. The number of hydrogen-bond acceptors (Lipinski definition) is 5. The van der Waals surface area contributed by atoms with Crippen molar-refractivity contribution in [1.29, 1.82) is 0 Å². The summed E-state index contributed by atoms with van der Waals surface area (Å²) >= 11 is 0. The van der Waals surface area contributed by atoms with Gasteiger partial charge < -0.3 is 4.90 Å². The van der Waals surface area contributed by atoms with Crippen LogP contribution in [0.25, 0.3) is 5.69 Å². The van der Waals surface area contributed by atoms with E-state index >= 15 is 0 Å². The number of nitrogens with zero attached hydrogens (tertiary/aromatic N) is 3. The lowest BCUT2D eigenvalue weighted by Gasteiger charge is -2.25. The molecule has 146 valence electrons. The molecule has 7 nitrogen and oxygen atoms in total. The Bertz CT molecular complexity index is 1060. The molecule has 0 spiro atoms. The summed E-state index contributed by atoms with van der Waals surface area (Å²) in [5, 5.41) is 4.40. The predicted molar refractivity (Wildman–Crippen MR) is 105 cm³/mol. The van der Waals surface area contributed by atoms with E-state index in [1.54, 1.807) is 18.5 Å². The van der Waals surface area contributed by atoms with Crippen LogP contribution < -0.4 is 0 Å². The van der Waals surface area contributed by atoms with Gasteiger partial charge in [-0.3, -0.25) is 9.59 Å². The highest BCUT2D eigenvalue weighted by molar-refractivity contribution is 7.91. The van der Waals surface area contributed by atoms with Crippen LogP contribution in [0.15, 0.2) is 30.3 Å². The summed E-state index contributed by atoms with van der Waals surface area (Å²) in [6.45, 7) is 3.27. The van der Waals surface area contributed by atoms with E-state index in [4.69, 9.17) is 6.42 Å². The highest BCUT2D eigenvalue weighted by atomic mass is 32.2. The van der Waals surface area contributed by atoms with Crippen molar-refractivity contribution in [2.75, 3.05) is 18.1 Å². The van der Waals surface area contributed by atoms with Crippen LogP contribution in [-0.2, 0) is 14.6 Å². The van der Waals surface area contributed by atoms with Gasteiger partial charge in [-0.2, -0.15) is 5.10 Å². The summed E-state index contributed by atoms with van der Waals surface area (Å²) in [6, 6.07) is 8.70. The Morgan fingerprint density at radius 2 is 1.96 bits per heavy atom. The second-order valence-electron chi connectivity index (χ2n) is 6.82. The number of rotatable bonds is 5. The van der Waals surface area contributed by atoms with Gasteiger partial charge in [-0.15, -0.1) is 6.42 Å². The Hall–Kier alpha value is -2.92. The quantitative estimate of drug-likeness (QED) is 0.430. The third kappa shape index (κ3) is 3.71. The van der Waals surface area contributed by atoms with E-state index in [2.05, 4.69) is 11.0 Å². The molecule has 2 heterocycles. The van der Waals surface area contributed by atoms with Crippen molar-refractivity contribution in [1.82, 2.24) is 14.7 Å². The molecule has 0 radical (unpaired) electrons. The first-order valence-corrected chi connectivity index (χ1v) is 10.7. The molecular weight excluding hydrogens is 378 g/mol. The fourth-order valence-corrected chi connectivity index (χ4v) is 5.25. The van der Waals surface area contributed by atoms with Gasteiger partial charge in [0.2, 0.25) is 0 Å². The zero-order chi connectivity index (χ0) is 20.5. The van der Waals surface area contributed by atoms with Gasteiger partial charge in [-0.25, -0.2) is 13.1 Å². The molecule has 0 unspecified atom stereocenters. The van der Waals surface area contributed by atoms with Gasteiger partial charge in [0.25, 0.3) is 11.7 Å². The lowest BCUT2D eigenvalue weighted by molar-refractivity contribution is -0.127. The fraction of sp³-hybridized carbons (Fsp3) is 0.350. The maximum Gasteiger partial charge on any atom is 0.296 e. The summed E-state index contributed by atoms with van der Waals surface area (Å²) < 4.78 is 25.2. The second-order valence-corrected chi connectivity index (χ2v) is 9.05. The normalized spacial score (nSPS) is 17.8. The van der Waals surface area contributed by atoms with Crippen LogP contribution >= 0.6 is 0 Å². The number of terminal acetylenes is 1. The van der Waals surface area contributed by atoms with Crippen LogP contribution in [0.4, 0.5) is 0 Å². The van der Waals surface area contributed by atoms with E-state index in [-0.39, 0.29) is 30.0 Å². The van der Waals surface area contributed by atoms with Crippen LogP contribution in [0.3, 0.4) is 0 Å². The van der Waals surface area contributed by atoms with Gasteiger partial charge in [-0.05, 0) is 32.4 Å². The molecule has 1 atom stereocenters. The first-order chi connectivity index (χ1) is 13.2. The number of para-hydroxylation sites is 1. The molecule has 1 fully saturated rings. The van der Waals surface area contributed by atoms with Gasteiger partial charge in [0.05, 0.1) is 40.7 Å². The smallest absolute Gasteiger partial charge is 0.296 e. The van der Waals surface area contributed by atoms with Crippen LogP contribution in [0, 0.1) is 26.2 Å². The molecule has 1 saturated heterocycles. The lowest BCUT2D eigenvalue weighted by Crippen LogP contribution is -2.45. The monoisotopic (exact) mass is 399 g/mol. The average Bonchev–Trinajstić information content (AvgIpc) is 3.17. The summed E-state index contributed by atoms with van der Waals surface area (Å²) in [4.78, 5) is 27.1. The standard InChI is InChI=1S/C20H21N3O4S/c1-4-11-22(17-10-12-28(26,27)13-17)20(25)19(24)18-14(2)21-23(15(18)3)16-8-6-5-7-9-16/h1,5-9,17H,10-13H2,2-3H3/t17-/m0/s1. The van der Waals surface area contributed by atoms with Gasteiger partial charge in [0.15, 0.2) is 9.84 Å². The van der Waals surface area contributed by atoms with Crippen LogP contribution in [-0.4, -0.2) is 58.9 Å². The Kier molecular flexibility index (Phi) is 5.38. The minimum atomic E-state index is -3.22. The molecule has 0 saturated carbocycles. The molecule has 1 aliphatic heterocycles.